The van der Waals surface area contributed by atoms with Crippen molar-refractivity contribution in [3.63, 3.8) is 0 Å². The molecule has 0 fully saturated rings. The monoisotopic (exact) mass is 410 g/mol. The number of nitrogens with one attached hydrogen (secondary N) is 1. The maximum Gasteiger partial charge on any atom is 0.278 e. The summed E-state index contributed by atoms with van der Waals surface area (Å²) >= 11 is 6.03. The SMILES string of the molecule is C=CCN1C(=O)C(Nc2ccc(Cl)cc2C)=C(c2ccc(OC(C)C)cc2)C1=O. The van der Waals surface area contributed by atoms with E-state index >= 15 is 0 Å². The van der Waals surface area contributed by atoms with Gasteiger partial charge in [0.25, 0.3) is 11.8 Å². The average Bonchev–Trinajstić information content (AvgIpc) is 2.89. The fourth-order valence-electron chi connectivity index (χ4n) is 3.13. The topological polar surface area (TPSA) is 58.6 Å². The molecule has 2 aromatic carbocycles. The van der Waals surface area contributed by atoms with E-state index in [0.717, 1.165) is 5.56 Å². The third-order valence-corrected chi connectivity index (χ3v) is 4.68. The lowest BCUT2D eigenvalue weighted by Gasteiger charge is -2.13. The molecular formula is C23H23ClN2O3. The average molecular weight is 411 g/mol. The smallest absolute Gasteiger partial charge is 0.278 e. The largest absolute Gasteiger partial charge is 0.491 e. The van der Waals surface area contributed by atoms with E-state index in [4.69, 9.17) is 16.3 Å². The Morgan fingerprint density at radius 2 is 1.83 bits per heavy atom. The van der Waals surface area contributed by atoms with Crippen LogP contribution in [0.3, 0.4) is 0 Å². The van der Waals surface area contributed by atoms with E-state index in [1.165, 1.54) is 11.0 Å². The minimum Gasteiger partial charge on any atom is -0.491 e. The van der Waals surface area contributed by atoms with Gasteiger partial charge in [0.05, 0.1) is 11.7 Å². The zero-order valence-corrected chi connectivity index (χ0v) is 17.4. The molecule has 1 aliphatic heterocycles. The Kier molecular flexibility index (Phi) is 6.09. The van der Waals surface area contributed by atoms with Crippen molar-refractivity contribution in [3.05, 3.63) is 77.0 Å². The number of imide groups is 1. The van der Waals surface area contributed by atoms with Crippen LogP contribution in [0.25, 0.3) is 5.57 Å². The summed E-state index contributed by atoms with van der Waals surface area (Å²) in [6, 6.07) is 12.5. The molecule has 0 aromatic heterocycles. The second kappa shape index (κ2) is 8.53. The standard InChI is InChI=1S/C23H23ClN2O3/c1-5-12-26-22(27)20(16-6-9-18(10-7-16)29-14(2)3)21(23(26)28)25-19-11-8-17(24)13-15(19)4/h5-11,13-14,25H,1,12H2,2-4H3. The van der Waals surface area contributed by atoms with Crippen molar-refractivity contribution >= 4 is 34.7 Å². The highest BCUT2D eigenvalue weighted by molar-refractivity contribution is 6.36. The molecule has 0 atom stereocenters. The van der Waals surface area contributed by atoms with Crippen LogP contribution in [-0.2, 0) is 9.59 Å². The van der Waals surface area contributed by atoms with Crippen LogP contribution in [0, 0.1) is 6.92 Å². The maximum absolute atomic E-state index is 13.0. The maximum atomic E-state index is 13.0. The summed E-state index contributed by atoms with van der Waals surface area (Å²) in [5.74, 6) is -0.0459. The first-order valence-corrected chi connectivity index (χ1v) is 9.71. The van der Waals surface area contributed by atoms with E-state index in [9.17, 15) is 9.59 Å². The molecule has 0 saturated heterocycles. The number of carbonyl (C=O) groups excluding carboxylic acids is 2. The number of halogens is 1. The Hall–Kier alpha value is -3.05. The van der Waals surface area contributed by atoms with Gasteiger partial charge < -0.3 is 10.1 Å². The highest BCUT2D eigenvalue weighted by atomic mass is 35.5. The molecule has 1 heterocycles. The van der Waals surface area contributed by atoms with Gasteiger partial charge >= 0.3 is 0 Å². The summed E-state index contributed by atoms with van der Waals surface area (Å²) in [5, 5.41) is 3.75. The summed E-state index contributed by atoms with van der Waals surface area (Å²) in [4.78, 5) is 27.2. The zero-order chi connectivity index (χ0) is 21.1. The predicted molar refractivity (Wildman–Crippen MR) is 116 cm³/mol. The number of nitrogens with zero attached hydrogens (tertiary/aromatic N) is 1. The summed E-state index contributed by atoms with van der Waals surface area (Å²) in [6.07, 6.45) is 1.58. The van der Waals surface area contributed by atoms with Crippen molar-refractivity contribution in [1.29, 1.82) is 0 Å². The number of rotatable bonds is 7. The molecule has 1 N–H and O–H groups in total. The van der Waals surface area contributed by atoms with Gasteiger partial charge in [-0.05, 0) is 62.2 Å². The van der Waals surface area contributed by atoms with Gasteiger partial charge in [0, 0.05) is 17.3 Å². The van der Waals surface area contributed by atoms with Gasteiger partial charge in [-0.1, -0.05) is 29.8 Å². The number of ether oxygens (including phenoxy) is 1. The molecule has 0 bridgehead atoms. The van der Waals surface area contributed by atoms with E-state index in [-0.39, 0.29) is 30.2 Å². The number of aryl methyl sites for hydroxylation is 1. The van der Waals surface area contributed by atoms with Gasteiger partial charge in [-0.3, -0.25) is 14.5 Å². The number of benzene rings is 2. The van der Waals surface area contributed by atoms with Crippen LogP contribution in [0.1, 0.15) is 25.0 Å². The summed E-state index contributed by atoms with van der Waals surface area (Å²) in [5.41, 5.74) is 2.78. The van der Waals surface area contributed by atoms with Gasteiger partial charge in [-0.15, -0.1) is 6.58 Å². The van der Waals surface area contributed by atoms with Gasteiger partial charge in [0.15, 0.2) is 0 Å². The number of amides is 2. The summed E-state index contributed by atoms with van der Waals surface area (Å²) in [7, 11) is 0. The number of carbonyl (C=O) groups is 2. The molecule has 150 valence electrons. The normalized spacial score (nSPS) is 14.0. The third kappa shape index (κ3) is 4.35. The second-order valence-electron chi connectivity index (χ2n) is 7.03. The Bertz CT molecular complexity index is 994. The van der Waals surface area contributed by atoms with Crippen LogP contribution in [0.15, 0.2) is 60.8 Å². The molecule has 0 unspecified atom stereocenters. The molecule has 5 nitrogen and oxygen atoms in total. The fraction of sp³-hybridized carbons (Fsp3) is 0.217. The highest BCUT2D eigenvalue weighted by Crippen LogP contribution is 2.32. The first kappa shape index (κ1) is 20.7. The molecule has 6 heteroatoms. The van der Waals surface area contributed by atoms with Gasteiger partial charge in [0.2, 0.25) is 0 Å². The van der Waals surface area contributed by atoms with E-state index in [0.29, 0.717) is 27.6 Å². The van der Waals surface area contributed by atoms with Gasteiger partial charge in [0.1, 0.15) is 11.4 Å². The van der Waals surface area contributed by atoms with E-state index in [2.05, 4.69) is 11.9 Å². The Morgan fingerprint density at radius 1 is 1.14 bits per heavy atom. The molecular weight excluding hydrogens is 388 g/mol. The lowest BCUT2D eigenvalue weighted by atomic mass is 10.0. The van der Waals surface area contributed by atoms with Crippen LogP contribution in [-0.4, -0.2) is 29.4 Å². The molecule has 2 amide bonds. The minimum atomic E-state index is -0.387. The summed E-state index contributed by atoms with van der Waals surface area (Å²) in [6.45, 7) is 9.56. The van der Waals surface area contributed by atoms with Crippen LogP contribution < -0.4 is 10.1 Å². The Balaban J connectivity index is 2.04. The van der Waals surface area contributed by atoms with E-state index in [1.807, 2.05) is 20.8 Å². The van der Waals surface area contributed by atoms with Crippen molar-refractivity contribution in [2.45, 2.75) is 26.9 Å². The van der Waals surface area contributed by atoms with Crippen molar-refractivity contribution in [2.75, 3.05) is 11.9 Å². The molecule has 0 spiro atoms. The molecule has 3 rings (SSSR count). The van der Waals surface area contributed by atoms with E-state index in [1.54, 1.807) is 42.5 Å². The summed E-state index contributed by atoms with van der Waals surface area (Å²) < 4.78 is 5.67. The molecule has 2 aromatic rings. The van der Waals surface area contributed by atoms with E-state index < -0.39 is 0 Å². The number of hydrogen-bond donors (Lipinski definition) is 1. The Morgan fingerprint density at radius 3 is 2.41 bits per heavy atom. The van der Waals surface area contributed by atoms with Crippen molar-refractivity contribution in [2.24, 2.45) is 0 Å². The van der Waals surface area contributed by atoms with Crippen LogP contribution in [0.4, 0.5) is 5.69 Å². The Labute approximate surface area is 175 Å². The van der Waals surface area contributed by atoms with Gasteiger partial charge in [-0.2, -0.15) is 0 Å². The highest BCUT2D eigenvalue weighted by Gasteiger charge is 2.38. The van der Waals surface area contributed by atoms with Crippen LogP contribution >= 0.6 is 11.6 Å². The molecule has 1 aliphatic rings. The van der Waals surface area contributed by atoms with Crippen LogP contribution in [0.2, 0.25) is 5.02 Å². The first-order valence-electron chi connectivity index (χ1n) is 9.33. The van der Waals surface area contributed by atoms with Crippen molar-refractivity contribution < 1.29 is 14.3 Å². The number of anilines is 1. The molecule has 0 saturated carbocycles. The number of hydrogen-bond acceptors (Lipinski definition) is 4. The van der Waals surface area contributed by atoms with Crippen molar-refractivity contribution in [3.8, 4) is 5.75 Å². The third-order valence-electron chi connectivity index (χ3n) is 4.44. The predicted octanol–water partition coefficient (Wildman–Crippen LogP) is 4.81. The second-order valence-corrected chi connectivity index (χ2v) is 7.47. The van der Waals surface area contributed by atoms with Crippen LogP contribution in [0.5, 0.6) is 5.75 Å². The fourth-order valence-corrected chi connectivity index (χ4v) is 3.36. The quantitative estimate of drug-likeness (QED) is 0.525. The molecule has 0 radical (unpaired) electrons. The lowest BCUT2D eigenvalue weighted by molar-refractivity contribution is -0.136. The molecule has 0 aliphatic carbocycles. The lowest BCUT2D eigenvalue weighted by Crippen LogP contribution is -2.32. The minimum absolute atomic E-state index is 0.0444. The van der Waals surface area contributed by atoms with Crippen molar-refractivity contribution in [1.82, 2.24) is 4.90 Å². The first-order chi connectivity index (χ1) is 13.8. The molecule has 29 heavy (non-hydrogen) atoms. The van der Waals surface area contributed by atoms with Gasteiger partial charge in [-0.25, -0.2) is 0 Å². The zero-order valence-electron chi connectivity index (χ0n) is 16.7.